The van der Waals surface area contributed by atoms with Gasteiger partial charge in [-0.2, -0.15) is 5.10 Å². The molecule has 0 radical (unpaired) electrons. The molecule has 0 aliphatic carbocycles. The Bertz CT molecular complexity index is 671. The van der Waals surface area contributed by atoms with Crippen LogP contribution in [0.1, 0.15) is 54.1 Å². The van der Waals surface area contributed by atoms with Gasteiger partial charge in [-0.15, -0.1) is 0 Å². The third kappa shape index (κ3) is 5.16. The molecule has 0 bridgehead atoms. The van der Waals surface area contributed by atoms with Crippen molar-refractivity contribution in [3.8, 4) is 0 Å². The highest BCUT2D eigenvalue weighted by Gasteiger charge is 2.11. The molecule has 3 rings (SSSR count). The summed E-state index contributed by atoms with van der Waals surface area (Å²) >= 11 is 0. The number of carbonyl (C=O) groups is 1. The number of amides is 1. The van der Waals surface area contributed by atoms with Crippen molar-refractivity contribution in [1.29, 1.82) is 0 Å². The Morgan fingerprint density at radius 1 is 1.12 bits per heavy atom. The van der Waals surface area contributed by atoms with Gasteiger partial charge in [0.05, 0.1) is 6.20 Å². The molecule has 0 spiro atoms. The van der Waals surface area contributed by atoms with E-state index in [0.717, 1.165) is 25.1 Å². The van der Waals surface area contributed by atoms with E-state index in [1.54, 1.807) is 0 Å². The number of hydrogen-bond donors (Lipinski definition) is 1. The van der Waals surface area contributed by atoms with E-state index < -0.39 is 0 Å². The van der Waals surface area contributed by atoms with Crippen LogP contribution in [0.5, 0.6) is 0 Å². The Kier molecular flexibility index (Phi) is 6.23. The largest absolute Gasteiger partial charge is 0.348 e. The Balaban J connectivity index is 1.49. The molecule has 0 saturated carbocycles. The zero-order chi connectivity index (χ0) is 17.5. The molecular weight excluding hydrogens is 312 g/mol. The van der Waals surface area contributed by atoms with Crippen LogP contribution in [0.25, 0.3) is 0 Å². The summed E-state index contributed by atoms with van der Waals surface area (Å²) in [5, 5.41) is 7.25. The molecule has 1 fully saturated rings. The van der Waals surface area contributed by atoms with Crippen molar-refractivity contribution in [2.75, 3.05) is 13.1 Å². The van der Waals surface area contributed by atoms with Crippen molar-refractivity contribution >= 4 is 5.91 Å². The number of carbonyl (C=O) groups excluding carboxylic acids is 1. The zero-order valence-corrected chi connectivity index (χ0v) is 15.1. The van der Waals surface area contributed by atoms with Crippen LogP contribution in [0, 0.1) is 0 Å². The summed E-state index contributed by atoms with van der Waals surface area (Å²) in [5.41, 5.74) is 3.02. The summed E-state index contributed by atoms with van der Waals surface area (Å²) in [4.78, 5) is 14.8. The fourth-order valence-corrected chi connectivity index (χ4v) is 3.27. The van der Waals surface area contributed by atoms with Crippen molar-refractivity contribution in [3.63, 3.8) is 0 Å². The number of aromatic nitrogens is 2. The lowest BCUT2D eigenvalue weighted by molar-refractivity contribution is 0.0951. The molecule has 134 valence electrons. The third-order valence-corrected chi connectivity index (χ3v) is 4.66. The van der Waals surface area contributed by atoms with E-state index in [2.05, 4.69) is 34.4 Å². The average Bonchev–Trinajstić information content (AvgIpc) is 3.09. The second-order valence-electron chi connectivity index (χ2n) is 6.83. The lowest BCUT2D eigenvalue weighted by Gasteiger charge is -2.26. The fourth-order valence-electron chi connectivity index (χ4n) is 3.27. The SMILES string of the molecule is CCCn1cc(CNC(=O)c2ccc(CN3CCCCC3)cc2)cn1. The molecule has 1 saturated heterocycles. The first kappa shape index (κ1) is 17.7. The van der Waals surface area contributed by atoms with Crippen LogP contribution in [-0.2, 0) is 19.6 Å². The fraction of sp³-hybridized carbons (Fsp3) is 0.500. The minimum atomic E-state index is -0.0345. The van der Waals surface area contributed by atoms with Crippen molar-refractivity contribution in [1.82, 2.24) is 20.0 Å². The highest BCUT2D eigenvalue weighted by atomic mass is 16.1. The van der Waals surface area contributed by atoms with Crippen LogP contribution in [0.4, 0.5) is 0 Å². The first-order valence-electron chi connectivity index (χ1n) is 9.35. The van der Waals surface area contributed by atoms with Gasteiger partial charge in [0.1, 0.15) is 0 Å². The van der Waals surface area contributed by atoms with Crippen LogP contribution in [0.2, 0.25) is 0 Å². The highest BCUT2D eigenvalue weighted by molar-refractivity contribution is 5.94. The number of benzene rings is 1. The maximum Gasteiger partial charge on any atom is 0.251 e. The smallest absolute Gasteiger partial charge is 0.251 e. The van der Waals surface area contributed by atoms with E-state index in [1.807, 2.05) is 29.2 Å². The standard InChI is InChI=1S/C20H28N4O/c1-2-10-24-16-18(14-22-24)13-21-20(25)19-8-6-17(7-9-19)15-23-11-4-3-5-12-23/h6-9,14,16H,2-5,10-13,15H2,1H3,(H,21,25). The normalized spacial score (nSPS) is 15.2. The lowest BCUT2D eigenvalue weighted by Crippen LogP contribution is -2.29. The molecule has 0 atom stereocenters. The summed E-state index contributed by atoms with van der Waals surface area (Å²) in [7, 11) is 0. The first-order valence-corrected chi connectivity index (χ1v) is 9.35. The van der Waals surface area contributed by atoms with Gasteiger partial charge in [-0.1, -0.05) is 25.5 Å². The number of piperidine rings is 1. The maximum atomic E-state index is 12.3. The molecule has 1 aliphatic rings. The van der Waals surface area contributed by atoms with Gasteiger partial charge in [-0.25, -0.2) is 0 Å². The number of aryl methyl sites for hydroxylation is 1. The predicted octanol–water partition coefficient (Wildman–Crippen LogP) is 3.21. The molecule has 1 aliphatic heterocycles. The molecule has 1 amide bonds. The topological polar surface area (TPSA) is 50.2 Å². The third-order valence-electron chi connectivity index (χ3n) is 4.66. The van der Waals surface area contributed by atoms with Gasteiger partial charge in [0.2, 0.25) is 0 Å². The molecule has 0 unspecified atom stereocenters. The minimum Gasteiger partial charge on any atom is -0.348 e. The Hall–Kier alpha value is -2.14. The molecule has 2 aromatic rings. The van der Waals surface area contributed by atoms with Crippen molar-refractivity contribution in [3.05, 3.63) is 53.3 Å². The first-order chi connectivity index (χ1) is 12.2. The van der Waals surface area contributed by atoms with E-state index in [-0.39, 0.29) is 5.91 Å². The van der Waals surface area contributed by atoms with Gasteiger partial charge in [0.15, 0.2) is 0 Å². The molecule has 25 heavy (non-hydrogen) atoms. The molecule has 1 aromatic heterocycles. The Labute approximate surface area is 150 Å². The Morgan fingerprint density at radius 3 is 2.60 bits per heavy atom. The molecule has 1 aromatic carbocycles. The molecule has 1 N–H and O–H groups in total. The monoisotopic (exact) mass is 340 g/mol. The van der Waals surface area contributed by atoms with Crippen LogP contribution in [0.3, 0.4) is 0 Å². The summed E-state index contributed by atoms with van der Waals surface area (Å²) in [5.74, 6) is -0.0345. The molecule has 2 heterocycles. The van der Waals surface area contributed by atoms with Gasteiger partial charge in [0.25, 0.3) is 5.91 Å². The summed E-state index contributed by atoms with van der Waals surface area (Å²) in [6.45, 7) is 6.91. The second kappa shape index (κ2) is 8.81. The van der Waals surface area contributed by atoms with E-state index in [1.165, 1.54) is 37.9 Å². The maximum absolute atomic E-state index is 12.3. The van der Waals surface area contributed by atoms with Crippen LogP contribution in [-0.4, -0.2) is 33.7 Å². The Morgan fingerprint density at radius 2 is 1.88 bits per heavy atom. The van der Waals surface area contributed by atoms with Crippen molar-refractivity contribution in [2.45, 2.75) is 52.2 Å². The van der Waals surface area contributed by atoms with Gasteiger partial charge in [-0.3, -0.25) is 14.4 Å². The van der Waals surface area contributed by atoms with Gasteiger partial charge in [0, 0.05) is 37.0 Å². The summed E-state index contributed by atoms with van der Waals surface area (Å²) in [6, 6.07) is 8.00. The van der Waals surface area contributed by atoms with Gasteiger partial charge < -0.3 is 5.32 Å². The summed E-state index contributed by atoms with van der Waals surface area (Å²) in [6.07, 6.45) is 8.82. The quantitative estimate of drug-likeness (QED) is 0.842. The van der Waals surface area contributed by atoms with E-state index in [9.17, 15) is 4.79 Å². The summed E-state index contributed by atoms with van der Waals surface area (Å²) < 4.78 is 1.91. The van der Waals surface area contributed by atoms with Gasteiger partial charge in [-0.05, 0) is 50.0 Å². The lowest BCUT2D eigenvalue weighted by atomic mass is 10.1. The number of likely N-dealkylation sites (tertiary alicyclic amines) is 1. The highest BCUT2D eigenvalue weighted by Crippen LogP contribution is 2.13. The van der Waals surface area contributed by atoms with E-state index in [4.69, 9.17) is 0 Å². The van der Waals surface area contributed by atoms with E-state index >= 15 is 0 Å². The number of hydrogen-bond acceptors (Lipinski definition) is 3. The minimum absolute atomic E-state index is 0.0345. The number of rotatable bonds is 7. The number of nitrogens with zero attached hydrogens (tertiary/aromatic N) is 3. The predicted molar refractivity (Wildman–Crippen MR) is 99.3 cm³/mol. The van der Waals surface area contributed by atoms with Crippen LogP contribution < -0.4 is 5.32 Å². The van der Waals surface area contributed by atoms with E-state index in [0.29, 0.717) is 12.1 Å². The zero-order valence-electron chi connectivity index (χ0n) is 15.1. The van der Waals surface area contributed by atoms with Crippen LogP contribution in [0.15, 0.2) is 36.7 Å². The van der Waals surface area contributed by atoms with Crippen molar-refractivity contribution < 1.29 is 4.79 Å². The average molecular weight is 340 g/mol. The van der Waals surface area contributed by atoms with Gasteiger partial charge >= 0.3 is 0 Å². The molecular formula is C20H28N4O. The van der Waals surface area contributed by atoms with Crippen LogP contribution >= 0.6 is 0 Å². The van der Waals surface area contributed by atoms with Crippen molar-refractivity contribution in [2.24, 2.45) is 0 Å². The number of nitrogens with one attached hydrogen (secondary N) is 1. The second-order valence-corrected chi connectivity index (χ2v) is 6.83. The molecule has 5 nitrogen and oxygen atoms in total. The molecule has 5 heteroatoms.